The number of carboxylic acid groups (broad SMARTS) is 1. The summed E-state index contributed by atoms with van der Waals surface area (Å²) in [6.07, 6.45) is 3.58. The van der Waals surface area contributed by atoms with Gasteiger partial charge in [-0.25, -0.2) is 4.98 Å². The summed E-state index contributed by atoms with van der Waals surface area (Å²) < 4.78 is 0. The van der Waals surface area contributed by atoms with Crippen molar-refractivity contribution in [2.75, 3.05) is 11.1 Å². The molecule has 7 nitrogen and oxygen atoms in total. The second-order valence-corrected chi connectivity index (χ2v) is 8.12. The normalized spacial score (nSPS) is 11.4. The van der Waals surface area contributed by atoms with Gasteiger partial charge in [-0.05, 0) is 47.0 Å². The SMILES string of the molecule is CC(=O)O.Nc1nccc(Nc2cc3c(c(-c4ccc(-c5ccccc5)s4)c2)CN=C3)n1. The number of aromatic nitrogens is 2. The van der Waals surface area contributed by atoms with Crippen LogP contribution in [-0.2, 0) is 11.3 Å². The van der Waals surface area contributed by atoms with Crippen LogP contribution in [0.5, 0.6) is 0 Å². The molecule has 32 heavy (non-hydrogen) atoms. The smallest absolute Gasteiger partial charge is 0.300 e. The zero-order valence-electron chi connectivity index (χ0n) is 17.3. The van der Waals surface area contributed by atoms with E-state index in [1.165, 1.54) is 26.4 Å². The zero-order chi connectivity index (χ0) is 22.5. The van der Waals surface area contributed by atoms with Gasteiger partial charge in [0, 0.05) is 40.3 Å². The third kappa shape index (κ3) is 4.98. The highest BCUT2D eigenvalue weighted by molar-refractivity contribution is 7.18. The predicted octanol–water partition coefficient (Wildman–Crippen LogP) is 5.22. The molecule has 8 heteroatoms. The topological polar surface area (TPSA) is 113 Å². The Labute approximate surface area is 189 Å². The van der Waals surface area contributed by atoms with Gasteiger partial charge in [0.2, 0.25) is 5.95 Å². The number of carbonyl (C=O) groups is 1. The minimum atomic E-state index is -0.833. The maximum Gasteiger partial charge on any atom is 0.300 e. The predicted molar refractivity (Wildman–Crippen MR) is 130 cm³/mol. The van der Waals surface area contributed by atoms with Crippen LogP contribution in [-0.4, -0.2) is 27.3 Å². The van der Waals surface area contributed by atoms with E-state index in [0.717, 1.165) is 18.2 Å². The lowest BCUT2D eigenvalue weighted by atomic mass is 10.0. The average Bonchev–Trinajstić information content (AvgIpc) is 3.43. The van der Waals surface area contributed by atoms with E-state index >= 15 is 0 Å². The van der Waals surface area contributed by atoms with Gasteiger partial charge in [0.25, 0.3) is 5.97 Å². The summed E-state index contributed by atoms with van der Waals surface area (Å²) in [7, 11) is 0. The van der Waals surface area contributed by atoms with Gasteiger partial charge < -0.3 is 16.2 Å². The molecule has 160 valence electrons. The summed E-state index contributed by atoms with van der Waals surface area (Å²) in [5.74, 6) is 0.0863. The number of rotatable bonds is 4. The molecule has 4 N–H and O–H groups in total. The van der Waals surface area contributed by atoms with E-state index in [1.54, 1.807) is 23.6 Å². The Morgan fingerprint density at radius 1 is 1.09 bits per heavy atom. The first-order valence-corrected chi connectivity index (χ1v) is 10.7. The average molecular weight is 444 g/mol. The molecule has 0 atom stereocenters. The molecule has 0 amide bonds. The summed E-state index contributed by atoms with van der Waals surface area (Å²) >= 11 is 1.79. The maximum absolute atomic E-state index is 9.00. The highest BCUT2D eigenvalue weighted by Gasteiger charge is 2.17. The number of thiophene rings is 1. The first kappa shape index (κ1) is 21.2. The van der Waals surface area contributed by atoms with Crippen molar-refractivity contribution in [3.8, 4) is 20.9 Å². The van der Waals surface area contributed by atoms with Crippen molar-refractivity contribution in [1.82, 2.24) is 9.97 Å². The van der Waals surface area contributed by atoms with Crippen LogP contribution in [0.25, 0.3) is 20.9 Å². The molecule has 0 saturated carbocycles. The van der Waals surface area contributed by atoms with Crippen molar-refractivity contribution in [3.05, 3.63) is 78.0 Å². The van der Waals surface area contributed by atoms with E-state index in [4.69, 9.17) is 15.6 Å². The van der Waals surface area contributed by atoms with Crippen LogP contribution in [0.2, 0.25) is 0 Å². The van der Waals surface area contributed by atoms with Crippen LogP contribution in [0.1, 0.15) is 18.1 Å². The summed E-state index contributed by atoms with van der Waals surface area (Å²) in [5.41, 5.74) is 11.5. The van der Waals surface area contributed by atoms with Gasteiger partial charge in [0.1, 0.15) is 5.82 Å². The van der Waals surface area contributed by atoms with E-state index in [0.29, 0.717) is 12.4 Å². The number of nitrogens with two attached hydrogens (primary N) is 1. The Morgan fingerprint density at radius 2 is 1.84 bits per heavy atom. The number of aliphatic imine (C=N–C) groups is 1. The quantitative estimate of drug-likeness (QED) is 0.398. The Kier molecular flexibility index (Phi) is 6.23. The lowest BCUT2D eigenvalue weighted by Gasteiger charge is -2.12. The maximum atomic E-state index is 9.00. The molecular formula is C24H21N5O2S. The summed E-state index contributed by atoms with van der Waals surface area (Å²) in [6, 6.07) is 20.9. The first-order chi connectivity index (χ1) is 15.5. The summed E-state index contributed by atoms with van der Waals surface area (Å²) in [4.78, 5) is 24.1. The molecule has 0 fully saturated rings. The highest BCUT2D eigenvalue weighted by atomic mass is 32.1. The van der Waals surface area contributed by atoms with Crippen molar-refractivity contribution in [3.63, 3.8) is 0 Å². The van der Waals surface area contributed by atoms with Gasteiger partial charge in [-0.15, -0.1) is 11.3 Å². The molecule has 1 aliphatic heterocycles. The van der Waals surface area contributed by atoms with E-state index in [9.17, 15) is 0 Å². The highest BCUT2D eigenvalue weighted by Crippen LogP contribution is 2.39. The number of carboxylic acids is 1. The lowest BCUT2D eigenvalue weighted by Crippen LogP contribution is -2.00. The Balaban J connectivity index is 0.000000567. The van der Waals surface area contributed by atoms with Crippen LogP contribution in [0.15, 0.2) is 71.9 Å². The van der Waals surface area contributed by atoms with Crippen molar-refractivity contribution >= 4 is 41.0 Å². The molecule has 1 aliphatic rings. The van der Waals surface area contributed by atoms with Gasteiger partial charge in [-0.1, -0.05) is 30.3 Å². The fourth-order valence-corrected chi connectivity index (χ4v) is 4.40. The molecule has 0 spiro atoms. The van der Waals surface area contributed by atoms with Gasteiger partial charge in [-0.3, -0.25) is 9.79 Å². The fraction of sp³-hybridized carbons (Fsp3) is 0.0833. The Hall–Kier alpha value is -4.04. The van der Waals surface area contributed by atoms with Crippen molar-refractivity contribution in [1.29, 1.82) is 0 Å². The largest absolute Gasteiger partial charge is 0.481 e. The molecule has 0 bridgehead atoms. The number of nitrogens with one attached hydrogen (secondary N) is 1. The molecule has 2 aromatic carbocycles. The van der Waals surface area contributed by atoms with Gasteiger partial charge >= 0.3 is 0 Å². The van der Waals surface area contributed by atoms with Crippen LogP contribution in [0, 0.1) is 0 Å². The van der Waals surface area contributed by atoms with Crippen molar-refractivity contribution in [2.45, 2.75) is 13.5 Å². The summed E-state index contributed by atoms with van der Waals surface area (Å²) in [5, 5.41) is 10.8. The number of hydrogen-bond donors (Lipinski definition) is 3. The lowest BCUT2D eigenvalue weighted by molar-refractivity contribution is -0.134. The van der Waals surface area contributed by atoms with E-state index in [-0.39, 0.29) is 5.95 Å². The summed E-state index contributed by atoms with van der Waals surface area (Å²) in [6.45, 7) is 1.80. The Bertz CT molecular complexity index is 1280. The van der Waals surface area contributed by atoms with Crippen molar-refractivity contribution < 1.29 is 9.90 Å². The number of nitrogens with zero attached hydrogens (tertiary/aromatic N) is 3. The number of fused-ring (bicyclic) bond motifs is 1. The van der Waals surface area contributed by atoms with E-state index in [1.807, 2.05) is 12.3 Å². The molecule has 3 heterocycles. The van der Waals surface area contributed by atoms with Gasteiger partial charge in [0.05, 0.1) is 6.54 Å². The molecular weight excluding hydrogens is 422 g/mol. The number of aliphatic carboxylic acids is 1. The van der Waals surface area contributed by atoms with Crippen LogP contribution >= 0.6 is 11.3 Å². The zero-order valence-corrected chi connectivity index (χ0v) is 18.1. The fourth-order valence-electron chi connectivity index (χ4n) is 3.34. The molecule has 5 rings (SSSR count). The van der Waals surface area contributed by atoms with E-state index < -0.39 is 5.97 Å². The monoisotopic (exact) mass is 443 g/mol. The van der Waals surface area contributed by atoms with Gasteiger partial charge in [0.15, 0.2) is 0 Å². The van der Waals surface area contributed by atoms with Gasteiger partial charge in [-0.2, -0.15) is 4.98 Å². The number of benzene rings is 2. The molecule has 0 radical (unpaired) electrons. The number of anilines is 3. The molecule has 0 saturated heterocycles. The third-order valence-corrected chi connectivity index (χ3v) is 5.81. The number of hydrogen-bond acceptors (Lipinski definition) is 7. The number of nitrogen functional groups attached to an aromatic ring is 1. The second-order valence-electron chi connectivity index (χ2n) is 7.04. The third-order valence-electron chi connectivity index (χ3n) is 4.64. The molecule has 0 unspecified atom stereocenters. The minimum Gasteiger partial charge on any atom is -0.481 e. The molecule has 4 aromatic rings. The second kappa shape index (κ2) is 9.40. The molecule has 0 aliphatic carbocycles. The first-order valence-electron chi connectivity index (χ1n) is 9.87. The van der Waals surface area contributed by atoms with E-state index in [2.05, 4.69) is 68.8 Å². The Morgan fingerprint density at radius 3 is 2.59 bits per heavy atom. The molecule has 2 aromatic heterocycles. The minimum absolute atomic E-state index is 0.249. The van der Waals surface area contributed by atoms with Crippen LogP contribution in [0.4, 0.5) is 17.5 Å². The van der Waals surface area contributed by atoms with Crippen LogP contribution < -0.4 is 11.1 Å². The van der Waals surface area contributed by atoms with Crippen LogP contribution in [0.3, 0.4) is 0 Å². The van der Waals surface area contributed by atoms with Crippen molar-refractivity contribution in [2.24, 2.45) is 4.99 Å². The standard InChI is InChI=1S/C22H17N5S.C2H4O2/c23-22-25-9-8-21(27-22)26-16-10-15-12-24-13-18(15)17(11-16)20-7-6-19(28-20)14-4-2-1-3-5-14;1-2(3)4/h1-12H,13H2,(H3,23,25,26,27);1H3,(H,3,4).